The van der Waals surface area contributed by atoms with Crippen LogP contribution in [0, 0.1) is 11.5 Å². The van der Waals surface area contributed by atoms with Gasteiger partial charge in [-0.25, -0.2) is 0 Å². The Morgan fingerprint density at radius 1 is 1.21 bits per heavy atom. The van der Waals surface area contributed by atoms with Gasteiger partial charge in [-0.3, -0.25) is 0 Å². The first-order valence-corrected chi connectivity index (χ1v) is 10.3. The lowest BCUT2D eigenvalue weighted by Gasteiger charge is -2.07. The first-order valence-electron chi connectivity index (χ1n) is 6.80. The topological polar surface area (TPSA) is 29.5 Å². The molecule has 0 spiro atoms. The van der Waals surface area contributed by atoms with Gasteiger partial charge in [0, 0.05) is 6.61 Å². The van der Waals surface area contributed by atoms with Crippen molar-refractivity contribution in [3.05, 3.63) is 35.9 Å². The molecule has 1 rings (SSSR count). The standard InChI is InChI=1S/C16H24O2Si/c1-19(2,3)13-11-16(17)10-7-12-18-14-15-8-5-4-6-9-15/h4-6,8-9,16-17H,7,10,12,14H2,1-3H3. The summed E-state index contributed by atoms with van der Waals surface area (Å²) < 4.78 is 5.56. The third-order valence-electron chi connectivity index (χ3n) is 2.49. The lowest BCUT2D eigenvalue weighted by Crippen LogP contribution is -2.18. The van der Waals surface area contributed by atoms with E-state index in [1.54, 1.807) is 0 Å². The van der Waals surface area contributed by atoms with Crippen LogP contribution in [0.15, 0.2) is 30.3 Å². The van der Waals surface area contributed by atoms with Gasteiger partial charge >= 0.3 is 0 Å². The van der Waals surface area contributed by atoms with Gasteiger partial charge < -0.3 is 9.84 Å². The van der Waals surface area contributed by atoms with E-state index in [9.17, 15) is 5.11 Å². The van der Waals surface area contributed by atoms with Crippen molar-refractivity contribution in [2.45, 2.75) is 45.2 Å². The summed E-state index contributed by atoms with van der Waals surface area (Å²) in [6.45, 7) is 7.83. The second-order valence-corrected chi connectivity index (χ2v) is 10.5. The van der Waals surface area contributed by atoms with E-state index >= 15 is 0 Å². The molecule has 2 nitrogen and oxygen atoms in total. The van der Waals surface area contributed by atoms with Crippen molar-refractivity contribution in [3.8, 4) is 11.5 Å². The molecule has 3 heteroatoms. The van der Waals surface area contributed by atoms with Crippen LogP contribution in [-0.2, 0) is 11.3 Å². The van der Waals surface area contributed by atoms with Crippen LogP contribution in [0.2, 0.25) is 19.6 Å². The predicted octanol–water partition coefficient (Wildman–Crippen LogP) is 3.23. The highest BCUT2D eigenvalue weighted by Gasteiger charge is 2.08. The first-order chi connectivity index (χ1) is 8.97. The third-order valence-corrected chi connectivity index (χ3v) is 3.39. The lowest BCUT2D eigenvalue weighted by atomic mass is 10.2. The molecule has 1 N–H and O–H groups in total. The predicted molar refractivity (Wildman–Crippen MR) is 82.5 cm³/mol. The maximum absolute atomic E-state index is 9.72. The lowest BCUT2D eigenvalue weighted by molar-refractivity contribution is 0.107. The molecule has 0 saturated heterocycles. The fourth-order valence-electron chi connectivity index (χ4n) is 1.51. The molecule has 0 heterocycles. The van der Waals surface area contributed by atoms with E-state index in [0.717, 1.165) is 6.42 Å². The number of benzene rings is 1. The molecule has 0 fully saturated rings. The number of aliphatic hydroxyl groups excluding tert-OH is 1. The Balaban J connectivity index is 2.12. The van der Waals surface area contributed by atoms with E-state index in [-0.39, 0.29) is 0 Å². The average Bonchev–Trinajstić information content (AvgIpc) is 2.36. The van der Waals surface area contributed by atoms with Gasteiger partial charge in [-0.1, -0.05) is 55.9 Å². The Kier molecular flexibility index (Phi) is 6.86. The van der Waals surface area contributed by atoms with Crippen molar-refractivity contribution in [2.24, 2.45) is 0 Å². The van der Waals surface area contributed by atoms with Gasteiger partial charge in [0.1, 0.15) is 14.2 Å². The smallest absolute Gasteiger partial charge is 0.129 e. The second-order valence-electron chi connectivity index (χ2n) is 5.72. The molecule has 0 aliphatic rings. The fraction of sp³-hybridized carbons (Fsp3) is 0.500. The summed E-state index contributed by atoms with van der Waals surface area (Å²) in [6.07, 6.45) is 1.02. The summed E-state index contributed by atoms with van der Waals surface area (Å²) in [5, 5.41) is 9.72. The highest BCUT2D eigenvalue weighted by Crippen LogP contribution is 2.03. The van der Waals surface area contributed by atoms with Crippen molar-refractivity contribution < 1.29 is 9.84 Å². The van der Waals surface area contributed by atoms with Crippen LogP contribution in [0.3, 0.4) is 0 Å². The van der Waals surface area contributed by atoms with Crippen LogP contribution >= 0.6 is 0 Å². The van der Waals surface area contributed by atoms with Gasteiger partial charge in [0.2, 0.25) is 0 Å². The summed E-state index contributed by atoms with van der Waals surface area (Å²) in [7, 11) is -1.37. The van der Waals surface area contributed by atoms with Gasteiger partial charge in [-0.2, -0.15) is 0 Å². The molecule has 104 valence electrons. The second kappa shape index (κ2) is 8.16. The van der Waals surface area contributed by atoms with Gasteiger partial charge in [0.25, 0.3) is 0 Å². The fourth-order valence-corrected chi connectivity index (χ4v) is 2.11. The Bertz CT molecular complexity index is 412. The Morgan fingerprint density at radius 2 is 1.89 bits per heavy atom. The van der Waals surface area contributed by atoms with E-state index in [2.05, 4.69) is 31.1 Å². The molecule has 0 saturated carbocycles. The SMILES string of the molecule is C[Si](C)(C)C#CC(O)CCCOCc1ccccc1. The monoisotopic (exact) mass is 276 g/mol. The van der Waals surface area contributed by atoms with Gasteiger partial charge in [-0.15, -0.1) is 5.54 Å². The Hall–Kier alpha value is -1.08. The molecule has 1 atom stereocenters. The summed E-state index contributed by atoms with van der Waals surface area (Å²) in [5.41, 5.74) is 4.37. The highest BCUT2D eigenvalue weighted by molar-refractivity contribution is 6.83. The van der Waals surface area contributed by atoms with Crippen LogP contribution < -0.4 is 0 Å². The van der Waals surface area contributed by atoms with Crippen molar-refractivity contribution >= 4 is 8.07 Å². The minimum atomic E-state index is -1.37. The van der Waals surface area contributed by atoms with Crippen LogP contribution in [0.4, 0.5) is 0 Å². The quantitative estimate of drug-likeness (QED) is 0.491. The van der Waals surface area contributed by atoms with Crippen molar-refractivity contribution in [2.75, 3.05) is 6.61 Å². The van der Waals surface area contributed by atoms with Crippen LogP contribution in [0.1, 0.15) is 18.4 Å². The van der Waals surface area contributed by atoms with Gasteiger partial charge in [0.05, 0.1) is 6.61 Å². The summed E-state index contributed by atoms with van der Waals surface area (Å²) in [5.74, 6) is 2.94. The van der Waals surface area contributed by atoms with Gasteiger partial charge in [0.15, 0.2) is 0 Å². The molecule has 0 radical (unpaired) electrons. The van der Waals surface area contributed by atoms with Gasteiger partial charge in [-0.05, 0) is 18.4 Å². The normalized spacial score (nSPS) is 12.6. The minimum absolute atomic E-state index is 0.507. The van der Waals surface area contributed by atoms with Crippen LogP contribution in [0.25, 0.3) is 0 Å². The zero-order valence-corrected chi connectivity index (χ0v) is 13.1. The number of rotatable bonds is 6. The van der Waals surface area contributed by atoms with Crippen molar-refractivity contribution in [1.29, 1.82) is 0 Å². The molecule has 0 bridgehead atoms. The first kappa shape index (κ1) is 16.0. The maximum Gasteiger partial charge on any atom is 0.129 e. The van der Waals surface area contributed by atoms with E-state index < -0.39 is 14.2 Å². The number of aliphatic hydroxyl groups is 1. The zero-order chi connectivity index (χ0) is 14.1. The van der Waals surface area contributed by atoms with Crippen molar-refractivity contribution in [1.82, 2.24) is 0 Å². The molecule has 1 aromatic carbocycles. The van der Waals surface area contributed by atoms with E-state index in [0.29, 0.717) is 19.6 Å². The largest absolute Gasteiger partial charge is 0.380 e. The maximum atomic E-state index is 9.72. The Labute approximate surface area is 117 Å². The van der Waals surface area contributed by atoms with E-state index in [4.69, 9.17) is 4.74 Å². The molecular formula is C16H24O2Si. The molecule has 1 aromatic rings. The summed E-state index contributed by atoms with van der Waals surface area (Å²) >= 11 is 0. The molecule has 0 aliphatic carbocycles. The Morgan fingerprint density at radius 3 is 2.53 bits per heavy atom. The number of hydrogen-bond acceptors (Lipinski definition) is 2. The van der Waals surface area contributed by atoms with E-state index in [1.807, 2.05) is 30.3 Å². The summed E-state index contributed by atoms with van der Waals surface area (Å²) in [6, 6.07) is 10.1. The number of ether oxygens (including phenoxy) is 1. The average molecular weight is 276 g/mol. The minimum Gasteiger partial charge on any atom is -0.380 e. The molecular weight excluding hydrogens is 252 g/mol. The molecule has 1 unspecified atom stereocenters. The number of hydrogen-bond donors (Lipinski definition) is 1. The zero-order valence-electron chi connectivity index (χ0n) is 12.1. The molecule has 19 heavy (non-hydrogen) atoms. The van der Waals surface area contributed by atoms with Crippen molar-refractivity contribution in [3.63, 3.8) is 0 Å². The molecule has 0 amide bonds. The van der Waals surface area contributed by atoms with E-state index in [1.165, 1.54) is 5.56 Å². The molecule has 0 aliphatic heterocycles. The highest BCUT2D eigenvalue weighted by atomic mass is 28.3. The molecule has 0 aromatic heterocycles. The van der Waals surface area contributed by atoms with Crippen LogP contribution in [-0.4, -0.2) is 25.9 Å². The van der Waals surface area contributed by atoms with Crippen LogP contribution in [0.5, 0.6) is 0 Å². The third kappa shape index (κ3) is 8.60. The summed E-state index contributed by atoms with van der Waals surface area (Å²) in [4.78, 5) is 0.